The van der Waals surface area contributed by atoms with Crippen LogP contribution in [0.5, 0.6) is 0 Å². The van der Waals surface area contributed by atoms with E-state index in [-0.39, 0.29) is 0 Å². The van der Waals surface area contributed by atoms with Crippen LogP contribution in [0.15, 0.2) is 0 Å². The van der Waals surface area contributed by atoms with Gasteiger partial charge in [0.1, 0.15) is 0 Å². The van der Waals surface area contributed by atoms with E-state index in [0.29, 0.717) is 11.5 Å². The molecule has 1 saturated carbocycles. The van der Waals surface area contributed by atoms with E-state index in [1.807, 2.05) is 0 Å². The molecular weight excluding hydrogens is 212 g/mol. The van der Waals surface area contributed by atoms with Gasteiger partial charge in [-0.2, -0.15) is 0 Å². The van der Waals surface area contributed by atoms with Crippen LogP contribution in [0.3, 0.4) is 0 Å². The van der Waals surface area contributed by atoms with Crippen molar-refractivity contribution in [1.82, 2.24) is 10.2 Å². The minimum absolute atomic E-state index is 0.395. The quantitative estimate of drug-likeness (QED) is 0.765. The van der Waals surface area contributed by atoms with Gasteiger partial charge in [0.2, 0.25) is 0 Å². The van der Waals surface area contributed by atoms with Crippen molar-refractivity contribution in [3.8, 4) is 0 Å². The minimum atomic E-state index is 0.395. The van der Waals surface area contributed by atoms with E-state index >= 15 is 0 Å². The van der Waals surface area contributed by atoms with E-state index in [2.05, 4.69) is 31.0 Å². The molecule has 0 bridgehead atoms. The molecule has 100 valence electrons. The fourth-order valence-electron chi connectivity index (χ4n) is 2.79. The Balaban J connectivity index is 1.65. The first-order valence-electron chi connectivity index (χ1n) is 7.21. The zero-order chi connectivity index (χ0) is 12.3. The molecule has 3 nitrogen and oxygen atoms in total. The van der Waals surface area contributed by atoms with Gasteiger partial charge in [0.05, 0.1) is 12.7 Å². The second kappa shape index (κ2) is 5.68. The molecule has 2 fully saturated rings. The van der Waals surface area contributed by atoms with Crippen LogP contribution in [0, 0.1) is 11.3 Å². The number of nitrogens with one attached hydrogen (secondary N) is 1. The number of rotatable bonds is 6. The Morgan fingerprint density at radius 2 is 2.18 bits per heavy atom. The normalized spacial score (nSPS) is 28.6. The molecule has 0 aromatic carbocycles. The van der Waals surface area contributed by atoms with Gasteiger partial charge < -0.3 is 10.1 Å². The van der Waals surface area contributed by atoms with Gasteiger partial charge in [0.15, 0.2) is 0 Å². The van der Waals surface area contributed by atoms with E-state index in [0.717, 1.165) is 38.7 Å². The van der Waals surface area contributed by atoms with Crippen molar-refractivity contribution in [3.05, 3.63) is 0 Å². The van der Waals surface area contributed by atoms with Crippen LogP contribution in [-0.4, -0.2) is 50.3 Å². The third-order valence-electron chi connectivity index (χ3n) is 4.64. The summed E-state index contributed by atoms with van der Waals surface area (Å²) in [6.07, 6.45) is 3.21. The molecule has 1 saturated heterocycles. The molecule has 0 aromatic rings. The number of ether oxygens (including phenoxy) is 1. The van der Waals surface area contributed by atoms with Crippen LogP contribution in [0.1, 0.15) is 33.6 Å². The van der Waals surface area contributed by atoms with Crippen molar-refractivity contribution < 1.29 is 4.74 Å². The van der Waals surface area contributed by atoms with Gasteiger partial charge in [-0.1, -0.05) is 20.8 Å². The average Bonchev–Trinajstić information content (AvgIpc) is 3.11. The fourth-order valence-corrected chi connectivity index (χ4v) is 2.79. The molecule has 17 heavy (non-hydrogen) atoms. The second-order valence-corrected chi connectivity index (χ2v) is 6.03. The number of likely N-dealkylation sites (N-methyl/N-ethyl adjacent to an activating group) is 1. The predicted molar refractivity (Wildman–Crippen MR) is 71.2 cm³/mol. The summed E-state index contributed by atoms with van der Waals surface area (Å²) in [5.74, 6) is 0.814. The van der Waals surface area contributed by atoms with Crippen molar-refractivity contribution >= 4 is 0 Å². The standard InChI is InChI=1S/C14H28N2O/c1-4-16-7-8-17-13(10-16)9-15-11-14(5-6-14)12(2)3/h12-13,15H,4-11H2,1-3H3. The molecule has 0 radical (unpaired) electrons. The Bertz CT molecular complexity index is 238. The highest BCUT2D eigenvalue weighted by Gasteiger charge is 2.44. The molecular formula is C14H28N2O. The maximum Gasteiger partial charge on any atom is 0.0826 e. The largest absolute Gasteiger partial charge is 0.374 e. The van der Waals surface area contributed by atoms with Crippen molar-refractivity contribution in [2.45, 2.75) is 39.7 Å². The summed E-state index contributed by atoms with van der Waals surface area (Å²) in [5, 5.41) is 3.63. The first kappa shape index (κ1) is 13.3. The molecule has 0 aromatic heterocycles. The van der Waals surface area contributed by atoms with Gasteiger partial charge in [0, 0.05) is 26.2 Å². The van der Waals surface area contributed by atoms with Crippen LogP contribution >= 0.6 is 0 Å². The SMILES string of the molecule is CCN1CCOC(CNCC2(C(C)C)CC2)C1. The number of morpholine rings is 1. The van der Waals surface area contributed by atoms with Gasteiger partial charge in [0.25, 0.3) is 0 Å². The first-order valence-corrected chi connectivity index (χ1v) is 7.21. The van der Waals surface area contributed by atoms with Crippen LogP contribution in [0.25, 0.3) is 0 Å². The zero-order valence-electron chi connectivity index (χ0n) is 11.7. The highest BCUT2D eigenvalue weighted by atomic mass is 16.5. The Hall–Kier alpha value is -0.120. The van der Waals surface area contributed by atoms with E-state index in [4.69, 9.17) is 4.74 Å². The molecule has 1 unspecified atom stereocenters. The van der Waals surface area contributed by atoms with Crippen molar-refractivity contribution in [3.63, 3.8) is 0 Å². The van der Waals surface area contributed by atoms with Crippen LogP contribution in [0.2, 0.25) is 0 Å². The van der Waals surface area contributed by atoms with E-state index in [1.165, 1.54) is 19.4 Å². The van der Waals surface area contributed by atoms with Gasteiger partial charge in [-0.05, 0) is 30.7 Å². The summed E-state index contributed by atoms with van der Waals surface area (Å²) in [4.78, 5) is 2.48. The lowest BCUT2D eigenvalue weighted by Crippen LogP contribution is -2.47. The van der Waals surface area contributed by atoms with E-state index in [9.17, 15) is 0 Å². The monoisotopic (exact) mass is 240 g/mol. The van der Waals surface area contributed by atoms with Gasteiger partial charge >= 0.3 is 0 Å². The maximum atomic E-state index is 5.80. The summed E-state index contributed by atoms with van der Waals surface area (Å²) >= 11 is 0. The molecule has 0 spiro atoms. The number of nitrogens with zero attached hydrogens (tertiary/aromatic N) is 1. The third-order valence-corrected chi connectivity index (χ3v) is 4.64. The number of hydrogen-bond acceptors (Lipinski definition) is 3. The molecule has 1 aliphatic heterocycles. The molecule has 3 heteroatoms. The lowest BCUT2D eigenvalue weighted by atomic mass is 9.92. The molecule has 1 atom stereocenters. The van der Waals surface area contributed by atoms with Crippen molar-refractivity contribution in [2.24, 2.45) is 11.3 Å². The van der Waals surface area contributed by atoms with Gasteiger partial charge in [-0.3, -0.25) is 4.90 Å². The summed E-state index contributed by atoms with van der Waals surface area (Å²) in [5.41, 5.74) is 0.610. The highest BCUT2D eigenvalue weighted by molar-refractivity contribution is 4.97. The lowest BCUT2D eigenvalue weighted by molar-refractivity contribution is -0.0258. The van der Waals surface area contributed by atoms with Crippen LogP contribution in [-0.2, 0) is 4.74 Å². The van der Waals surface area contributed by atoms with Crippen molar-refractivity contribution in [1.29, 1.82) is 0 Å². The van der Waals surface area contributed by atoms with Crippen LogP contribution < -0.4 is 5.32 Å². The fraction of sp³-hybridized carbons (Fsp3) is 1.00. The average molecular weight is 240 g/mol. The summed E-state index contributed by atoms with van der Waals surface area (Å²) in [6, 6.07) is 0. The Morgan fingerprint density at radius 1 is 1.41 bits per heavy atom. The third kappa shape index (κ3) is 3.43. The molecule has 2 rings (SSSR count). The summed E-state index contributed by atoms with van der Waals surface area (Å²) in [7, 11) is 0. The highest BCUT2D eigenvalue weighted by Crippen LogP contribution is 2.51. The minimum Gasteiger partial charge on any atom is -0.374 e. The smallest absolute Gasteiger partial charge is 0.0826 e. The molecule has 0 amide bonds. The Morgan fingerprint density at radius 3 is 2.76 bits per heavy atom. The molecule has 1 aliphatic carbocycles. The van der Waals surface area contributed by atoms with E-state index in [1.54, 1.807) is 0 Å². The van der Waals surface area contributed by atoms with E-state index < -0.39 is 0 Å². The van der Waals surface area contributed by atoms with Crippen LogP contribution in [0.4, 0.5) is 0 Å². The van der Waals surface area contributed by atoms with Crippen molar-refractivity contribution in [2.75, 3.05) is 39.3 Å². The summed E-state index contributed by atoms with van der Waals surface area (Å²) in [6.45, 7) is 13.4. The molecule has 1 heterocycles. The molecule has 1 N–H and O–H groups in total. The zero-order valence-corrected chi connectivity index (χ0v) is 11.7. The number of hydrogen-bond donors (Lipinski definition) is 1. The predicted octanol–water partition coefficient (Wildman–Crippen LogP) is 1.73. The molecule has 2 aliphatic rings. The Labute approximate surface area is 106 Å². The first-order chi connectivity index (χ1) is 8.16. The lowest BCUT2D eigenvalue weighted by Gasteiger charge is -2.32. The summed E-state index contributed by atoms with van der Waals surface area (Å²) < 4.78 is 5.80. The van der Waals surface area contributed by atoms with Gasteiger partial charge in [-0.15, -0.1) is 0 Å². The second-order valence-electron chi connectivity index (χ2n) is 6.03. The maximum absolute atomic E-state index is 5.80. The van der Waals surface area contributed by atoms with Gasteiger partial charge in [-0.25, -0.2) is 0 Å². The topological polar surface area (TPSA) is 24.5 Å². The Kier molecular flexibility index (Phi) is 4.45.